The molecule has 2 rings (SSSR count). The smallest absolute Gasteiger partial charge is 0.270 e. The second kappa shape index (κ2) is 6.25. The first-order valence-electron chi connectivity index (χ1n) is 6.17. The number of nitrogens with zero attached hydrogens (tertiary/aromatic N) is 1. The maximum absolute atomic E-state index is 11.9. The molecule has 0 aliphatic rings. The molecule has 0 saturated carbocycles. The Morgan fingerprint density at radius 2 is 1.95 bits per heavy atom. The number of hydrogen-bond acceptors (Lipinski definition) is 3. The highest BCUT2D eigenvalue weighted by molar-refractivity contribution is 7.80. The number of aryl methyl sites for hydroxylation is 1. The minimum atomic E-state index is -0.188. The topological polar surface area (TPSA) is 68.0 Å². The summed E-state index contributed by atoms with van der Waals surface area (Å²) in [6.45, 7) is 2.29. The van der Waals surface area contributed by atoms with E-state index < -0.39 is 0 Å². The SMILES string of the molecule is Cc1cccc(C(=O)NCc2ccc(C(N)=S)cc2)n1. The molecule has 0 aliphatic carbocycles. The number of pyridine rings is 1. The zero-order valence-electron chi connectivity index (χ0n) is 11.1. The lowest BCUT2D eigenvalue weighted by Gasteiger charge is -2.06. The molecule has 102 valence electrons. The van der Waals surface area contributed by atoms with Crippen LogP contribution in [-0.2, 0) is 6.54 Å². The van der Waals surface area contributed by atoms with Crippen LogP contribution in [0.4, 0.5) is 0 Å². The lowest BCUT2D eigenvalue weighted by Crippen LogP contribution is -2.24. The van der Waals surface area contributed by atoms with Crippen LogP contribution in [0.1, 0.15) is 27.3 Å². The van der Waals surface area contributed by atoms with E-state index in [4.69, 9.17) is 18.0 Å². The first-order chi connectivity index (χ1) is 9.56. The largest absolute Gasteiger partial charge is 0.389 e. The van der Waals surface area contributed by atoms with E-state index in [0.717, 1.165) is 16.8 Å². The van der Waals surface area contributed by atoms with Crippen molar-refractivity contribution in [1.29, 1.82) is 0 Å². The van der Waals surface area contributed by atoms with Crippen LogP contribution in [0.15, 0.2) is 42.5 Å². The fraction of sp³-hybridized carbons (Fsp3) is 0.133. The summed E-state index contributed by atoms with van der Waals surface area (Å²) >= 11 is 4.89. The standard InChI is InChI=1S/C15H15N3OS/c1-10-3-2-4-13(18-10)15(19)17-9-11-5-7-12(8-6-11)14(16)20/h2-8H,9H2,1H3,(H2,16,20)(H,17,19). The van der Waals surface area contributed by atoms with Crippen LogP contribution < -0.4 is 11.1 Å². The fourth-order valence-corrected chi connectivity index (χ4v) is 1.87. The molecule has 2 aromatic rings. The van der Waals surface area contributed by atoms with Gasteiger partial charge >= 0.3 is 0 Å². The molecular weight excluding hydrogens is 270 g/mol. The summed E-state index contributed by atoms with van der Waals surface area (Å²) in [6, 6.07) is 12.8. The van der Waals surface area contributed by atoms with Crippen LogP contribution in [-0.4, -0.2) is 15.9 Å². The Labute approximate surface area is 123 Å². The molecule has 4 nitrogen and oxygen atoms in total. The van der Waals surface area contributed by atoms with Crippen LogP contribution >= 0.6 is 12.2 Å². The summed E-state index contributed by atoms with van der Waals surface area (Å²) in [5.74, 6) is -0.188. The van der Waals surface area contributed by atoms with Crippen molar-refractivity contribution >= 4 is 23.1 Å². The van der Waals surface area contributed by atoms with Crippen molar-refractivity contribution in [3.8, 4) is 0 Å². The number of aromatic nitrogens is 1. The maximum atomic E-state index is 11.9. The van der Waals surface area contributed by atoms with Gasteiger partial charge in [0, 0.05) is 17.8 Å². The Hall–Kier alpha value is -2.27. The van der Waals surface area contributed by atoms with E-state index in [0.29, 0.717) is 17.2 Å². The van der Waals surface area contributed by atoms with Gasteiger partial charge in [-0.15, -0.1) is 0 Å². The second-order valence-corrected chi connectivity index (χ2v) is 4.85. The number of benzene rings is 1. The predicted molar refractivity (Wildman–Crippen MR) is 82.5 cm³/mol. The summed E-state index contributed by atoms with van der Waals surface area (Å²) in [7, 11) is 0. The van der Waals surface area contributed by atoms with Gasteiger partial charge in [-0.1, -0.05) is 42.5 Å². The molecule has 0 saturated heterocycles. The molecule has 0 fully saturated rings. The third-order valence-corrected chi connectivity index (χ3v) is 3.05. The molecule has 0 aliphatic heterocycles. The predicted octanol–water partition coefficient (Wildman–Crippen LogP) is 1.95. The van der Waals surface area contributed by atoms with E-state index in [9.17, 15) is 4.79 Å². The van der Waals surface area contributed by atoms with Gasteiger partial charge in [-0.2, -0.15) is 0 Å². The van der Waals surface area contributed by atoms with Gasteiger partial charge in [0.15, 0.2) is 0 Å². The van der Waals surface area contributed by atoms with E-state index in [1.807, 2.05) is 43.3 Å². The molecular formula is C15H15N3OS. The van der Waals surface area contributed by atoms with Gasteiger partial charge < -0.3 is 11.1 Å². The molecule has 0 spiro atoms. The van der Waals surface area contributed by atoms with Gasteiger partial charge in [-0.25, -0.2) is 4.98 Å². The normalized spacial score (nSPS) is 10.1. The van der Waals surface area contributed by atoms with Crippen LogP contribution in [0.5, 0.6) is 0 Å². The monoisotopic (exact) mass is 285 g/mol. The average Bonchev–Trinajstić information content (AvgIpc) is 2.45. The molecule has 0 atom stereocenters. The third kappa shape index (κ3) is 3.61. The molecule has 1 heterocycles. The summed E-state index contributed by atoms with van der Waals surface area (Å²) in [6.07, 6.45) is 0. The summed E-state index contributed by atoms with van der Waals surface area (Å²) in [4.78, 5) is 16.5. The second-order valence-electron chi connectivity index (χ2n) is 4.41. The fourth-order valence-electron chi connectivity index (χ4n) is 1.73. The summed E-state index contributed by atoms with van der Waals surface area (Å²) in [5.41, 5.74) is 8.56. The van der Waals surface area contributed by atoms with Crippen LogP contribution in [0.2, 0.25) is 0 Å². The highest BCUT2D eigenvalue weighted by Gasteiger charge is 2.06. The van der Waals surface area contributed by atoms with E-state index >= 15 is 0 Å². The number of rotatable bonds is 4. The summed E-state index contributed by atoms with van der Waals surface area (Å²) in [5, 5.41) is 2.83. The van der Waals surface area contributed by atoms with Gasteiger partial charge in [-0.05, 0) is 24.6 Å². The molecule has 1 amide bonds. The first-order valence-corrected chi connectivity index (χ1v) is 6.57. The minimum Gasteiger partial charge on any atom is -0.389 e. The molecule has 0 radical (unpaired) electrons. The van der Waals surface area contributed by atoms with Crippen LogP contribution in [0.25, 0.3) is 0 Å². The Morgan fingerprint density at radius 3 is 2.55 bits per heavy atom. The lowest BCUT2D eigenvalue weighted by atomic mass is 10.1. The van der Waals surface area contributed by atoms with E-state index in [1.165, 1.54) is 0 Å². The van der Waals surface area contributed by atoms with E-state index in [-0.39, 0.29) is 5.91 Å². The van der Waals surface area contributed by atoms with Gasteiger partial charge in [0.25, 0.3) is 5.91 Å². The molecule has 0 unspecified atom stereocenters. The Bertz CT molecular complexity index is 638. The van der Waals surface area contributed by atoms with Crippen molar-refractivity contribution in [1.82, 2.24) is 10.3 Å². The first kappa shape index (κ1) is 14.1. The number of nitrogens with one attached hydrogen (secondary N) is 1. The number of carbonyl (C=O) groups is 1. The molecule has 1 aromatic heterocycles. The average molecular weight is 285 g/mol. The lowest BCUT2D eigenvalue weighted by molar-refractivity contribution is 0.0945. The number of thiocarbonyl (C=S) groups is 1. The zero-order chi connectivity index (χ0) is 14.5. The quantitative estimate of drug-likeness (QED) is 0.843. The Balaban J connectivity index is 1.98. The van der Waals surface area contributed by atoms with E-state index in [1.54, 1.807) is 6.07 Å². The van der Waals surface area contributed by atoms with Crippen LogP contribution in [0.3, 0.4) is 0 Å². The number of amides is 1. The van der Waals surface area contributed by atoms with Crippen molar-refractivity contribution < 1.29 is 4.79 Å². The van der Waals surface area contributed by atoms with Gasteiger partial charge in [0.1, 0.15) is 10.7 Å². The molecule has 0 bridgehead atoms. The van der Waals surface area contributed by atoms with E-state index in [2.05, 4.69) is 10.3 Å². The Morgan fingerprint density at radius 1 is 1.25 bits per heavy atom. The summed E-state index contributed by atoms with van der Waals surface area (Å²) < 4.78 is 0. The van der Waals surface area contributed by atoms with Crippen molar-refractivity contribution in [3.05, 3.63) is 65.0 Å². The number of carbonyl (C=O) groups excluding carboxylic acids is 1. The van der Waals surface area contributed by atoms with Gasteiger partial charge in [-0.3, -0.25) is 4.79 Å². The Kier molecular flexibility index (Phi) is 4.42. The third-order valence-electron chi connectivity index (χ3n) is 2.81. The molecule has 5 heteroatoms. The highest BCUT2D eigenvalue weighted by Crippen LogP contribution is 2.05. The highest BCUT2D eigenvalue weighted by atomic mass is 32.1. The number of nitrogens with two attached hydrogens (primary N) is 1. The van der Waals surface area contributed by atoms with Gasteiger partial charge in [0.05, 0.1) is 0 Å². The van der Waals surface area contributed by atoms with Gasteiger partial charge in [0.2, 0.25) is 0 Å². The van der Waals surface area contributed by atoms with Crippen molar-refractivity contribution in [2.24, 2.45) is 5.73 Å². The maximum Gasteiger partial charge on any atom is 0.270 e. The van der Waals surface area contributed by atoms with Crippen LogP contribution in [0, 0.1) is 6.92 Å². The molecule has 1 aromatic carbocycles. The van der Waals surface area contributed by atoms with Crippen molar-refractivity contribution in [3.63, 3.8) is 0 Å². The van der Waals surface area contributed by atoms with Crippen molar-refractivity contribution in [2.75, 3.05) is 0 Å². The molecule has 20 heavy (non-hydrogen) atoms. The number of hydrogen-bond donors (Lipinski definition) is 2. The zero-order valence-corrected chi connectivity index (χ0v) is 11.9. The van der Waals surface area contributed by atoms with Crippen molar-refractivity contribution in [2.45, 2.75) is 13.5 Å². The minimum absolute atomic E-state index is 0.188. The molecule has 3 N–H and O–H groups in total.